The third kappa shape index (κ3) is 3.18. The highest BCUT2D eigenvalue weighted by Crippen LogP contribution is 2.09. The lowest BCUT2D eigenvalue weighted by molar-refractivity contribution is 0.415. The minimum absolute atomic E-state index is 0.417. The van der Waals surface area contributed by atoms with Crippen LogP contribution in [0.3, 0.4) is 0 Å². The largest absolute Gasteiger partial charge is 0.497 e. The van der Waals surface area contributed by atoms with Crippen LogP contribution in [0, 0.1) is 0 Å². The van der Waals surface area contributed by atoms with Crippen LogP contribution >= 0.6 is 0 Å². The van der Waals surface area contributed by atoms with Crippen molar-refractivity contribution in [3.63, 3.8) is 0 Å². The predicted molar refractivity (Wildman–Crippen MR) is 69.1 cm³/mol. The number of hydrogen-bond donors (Lipinski definition) is 2. The van der Waals surface area contributed by atoms with Crippen molar-refractivity contribution in [2.75, 3.05) is 12.5 Å². The van der Waals surface area contributed by atoms with Crippen molar-refractivity contribution in [1.29, 1.82) is 0 Å². The van der Waals surface area contributed by atoms with E-state index in [0.717, 1.165) is 11.3 Å². The highest BCUT2D eigenvalue weighted by Gasteiger charge is 1.92. The first-order chi connectivity index (χ1) is 8.78. The van der Waals surface area contributed by atoms with Gasteiger partial charge in [-0.1, -0.05) is 0 Å². The van der Waals surface area contributed by atoms with E-state index < -0.39 is 5.69 Å². The number of rotatable bonds is 4. The topological polar surface area (TPSA) is 79.4 Å². The van der Waals surface area contributed by atoms with Crippen LogP contribution in [0.4, 0.5) is 5.82 Å². The van der Waals surface area contributed by atoms with Crippen LogP contribution in [0.2, 0.25) is 0 Å². The Labute approximate surface area is 103 Å². The van der Waals surface area contributed by atoms with Crippen molar-refractivity contribution < 1.29 is 4.74 Å². The average Bonchev–Trinajstić information content (AvgIpc) is 2.40. The summed E-state index contributed by atoms with van der Waals surface area (Å²) in [5, 5.41) is 3.99. The number of hydrogen-bond acceptors (Lipinski definition) is 5. The quantitative estimate of drug-likeness (QED) is 0.626. The number of aromatic amines is 1. The minimum atomic E-state index is -0.417. The summed E-state index contributed by atoms with van der Waals surface area (Å²) in [6.45, 7) is 0. The lowest BCUT2D eigenvalue weighted by atomic mass is 10.2. The first-order valence-electron chi connectivity index (χ1n) is 5.26. The van der Waals surface area contributed by atoms with E-state index >= 15 is 0 Å². The monoisotopic (exact) mass is 244 g/mol. The molecule has 0 bridgehead atoms. The molecule has 1 aromatic carbocycles. The van der Waals surface area contributed by atoms with Gasteiger partial charge < -0.3 is 4.74 Å². The number of H-pyrrole nitrogens is 1. The predicted octanol–water partition coefficient (Wildman–Crippen LogP) is 1.22. The number of nitrogens with zero attached hydrogens (tertiary/aromatic N) is 2. The summed E-state index contributed by atoms with van der Waals surface area (Å²) >= 11 is 0. The van der Waals surface area contributed by atoms with Crippen LogP contribution in [0.15, 0.2) is 46.4 Å². The molecular formula is C12H12N4O2. The summed E-state index contributed by atoms with van der Waals surface area (Å²) in [6.07, 6.45) is 3.04. The molecule has 1 heterocycles. The van der Waals surface area contributed by atoms with Gasteiger partial charge in [-0.25, -0.2) is 9.78 Å². The number of methoxy groups -OCH3 is 1. The van der Waals surface area contributed by atoms with E-state index in [2.05, 4.69) is 20.5 Å². The second kappa shape index (κ2) is 5.62. The van der Waals surface area contributed by atoms with E-state index in [9.17, 15) is 4.79 Å². The van der Waals surface area contributed by atoms with Crippen molar-refractivity contribution in [3.8, 4) is 5.75 Å². The smallest absolute Gasteiger partial charge is 0.346 e. The maximum Gasteiger partial charge on any atom is 0.346 e. The molecule has 6 heteroatoms. The van der Waals surface area contributed by atoms with Gasteiger partial charge in [0.15, 0.2) is 0 Å². The van der Waals surface area contributed by atoms with Crippen LogP contribution in [0.5, 0.6) is 5.75 Å². The summed E-state index contributed by atoms with van der Waals surface area (Å²) in [4.78, 5) is 16.9. The fraction of sp³-hybridized carbons (Fsp3) is 0.0833. The zero-order valence-corrected chi connectivity index (χ0v) is 9.75. The number of nitrogens with one attached hydrogen (secondary N) is 2. The SMILES string of the molecule is COc1ccc(/C=N\Nc2ccnc(=O)[nH]2)cc1. The molecular weight excluding hydrogens is 232 g/mol. The zero-order valence-electron chi connectivity index (χ0n) is 9.75. The molecule has 0 saturated heterocycles. The second-order valence-electron chi connectivity index (χ2n) is 3.43. The number of hydrazone groups is 1. The average molecular weight is 244 g/mol. The summed E-state index contributed by atoms with van der Waals surface area (Å²) in [5.41, 5.74) is 3.20. The first-order valence-corrected chi connectivity index (χ1v) is 5.26. The molecule has 18 heavy (non-hydrogen) atoms. The zero-order chi connectivity index (χ0) is 12.8. The lowest BCUT2D eigenvalue weighted by Gasteiger charge is -2.00. The van der Waals surface area contributed by atoms with Gasteiger partial charge in [0, 0.05) is 6.20 Å². The Morgan fingerprint density at radius 3 is 2.78 bits per heavy atom. The van der Waals surface area contributed by atoms with Gasteiger partial charge >= 0.3 is 5.69 Å². The van der Waals surface area contributed by atoms with E-state index in [1.165, 1.54) is 6.20 Å². The van der Waals surface area contributed by atoms with Crippen LogP contribution in [0.25, 0.3) is 0 Å². The minimum Gasteiger partial charge on any atom is -0.497 e. The summed E-state index contributed by atoms with van der Waals surface area (Å²) in [6, 6.07) is 9.05. The van der Waals surface area contributed by atoms with Gasteiger partial charge in [-0.2, -0.15) is 5.10 Å². The van der Waals surface area contributed by atoms with E-state index in [1.807, 2.05) is 24.3 Å². The Bertz CT molecular complexity index is 590. The second-order valence-corrected chi connectivity index (χ2v) is 3.43. The molecule has 0 unspecified atom stereocenters. The highest BCUT2D eigenvalue weighted by molar-refractivity contribution is 5.80. The molecule has 92 valence electrons. The van der Waals surface area contributed by atoms with Crippen molar-refractivity contribution in [2.24, 2.45) is 5.10 Å². The molecule has 2 rings (SSSR count). The molecule has 0 amide bonds. The van der Waals surface area contributed by atoms with Gasteiger partial charge in [-0.15, -0.1) is 0 Å². The molecule has 0 radical (unpaired) electrons. The van der Waals surface area contributed by atoms with Crippen molar-refractivity contribution in [3.05, 3.63) is 52.6 Å². The van der Waals surface area contributed by atoms with Gasteiger partial charge in [-0.05, 0) is 35.9 Å². The van der Waals surface area contributed by atoms with Gasteiger partial charge in [0.05, 0.1) is 13.3 Å². The molecule has 0 aliphatic carbocycles. The van der Waals surface area contributed by atoms with E-state index in [4.69, 9.17) is 4.74 Å². The van der Waals surface area contributed by atoms with Gasteiger partial charge in [0.1, 0.15) is 11.6 Å². The third-order valence-electron chi connectivity index (χ3n) is 2.19. The fourth-order valence-corrected chi connectivity index (χ4v) is 1.30. The molecule has 1 aromatic heterocycles. The summed E-state index contributed by atoms with van der Waals surface area (Å²) < 4.78 is 5.05. The number of anilines is 1. The molecule has 2 aromatic rings. The maximum atomic E-state index is 10.9. The maximum absolute atomic E-state index is 10.9. The fourth-order valence-electron chi connectivity index (χ4n) is 1.30. The normalized spacial score (nSPS) is 10.5. The van der Waals surface area contributed by atoms with Crippen molar-refractivity contribution >= 4 is 12.0 Å². The number of benzene rings is 1. The Kier molecular flexibility index (Phi) is 3.70. The molecule has 6 nitrogen and oxygen atoms in total. The van der Waals surface area contributed by atoms with Crippen LogP contribution in [-0.2, 0) is 0 Å². The Morgan fingerprint density at radius 1 is 1.33 bits per heavy atom. The van der Waals surface area contributed by atoms with Gasteiger partial charge in [0.25, 0.3) is 0 Å². The number of ether oxygens (including phenoxy) is 1. The van der Waals surface area contributed by atoms with Gasteiger partial charge in [0.2, 0.25) is 0 Å². The molecule has 0 fully saturated rings. The number of aromatic nitrogens is 2. The van der Waals surface area contributed by atoms with Crippen molar-refractivity contribution in [1.82, 2.24) is 9.97 Å². The van der Waals surface area contributed by atoms with E-state index in [-0.39, 0.29) is 0 Å². The molecule has 0 aliphatic heterocycles. The van der Waals surface area contributed by atoms with Gasteiger partial charge in [-0.3, -0.25) is 10.4 Å². The standard InChI is InChI=1S/C12H12N4O2/c1-18-10-4-2-9(3-5-10)8-14-16-11-6-7-13-12(17)15-11/h2-8H,1H3,(H2,13,15,16,17)/b14-8-. The molecule has 0 saturated carbocycles. The molecule has 0 spiro atoms. The Hall–Kier alpha value is -2.63. The molecule has 2 N–H and O–H groups in total. The summed E-state index contributed by atoms with van der Waals surface area (Å²) in [7, 11) is 1.62. The molecule has 0 aliphatic rings. The first kappa shape index (κ1) is 11.8. The van der Waals surface area contributed by atoms with Crippen LogP contribution < -0.4 is 15.9 Å². The van der Waals surface area contributed by atoms with E-state index in [1.54, 1.807) is 19.4 Å². The van der Waals surface area contributed by atoms with E-state index in [0.29, 0.717) is 5.82 Å². The lowest BCUT2D eigenvalue weighted by Crippen LogP contribution is -2.10. The molecule has 0 atom stereocenters. The highest BCUT2D eigenvalue weighted by atomic mass is 16.5. The van der Waals surface area contributed by atoms with Crippen molar-refractivity contribution in [2.45, 2.75) is 0 Å². The Balaban J connectivity index is 2.00. The summed E-state index contributed by atoms with van der Waals surface area (Å²) in [5.74, 6) is 1.28. The Morgan fingerprint density at radius 2 is 2.11 bits per heavy atom. The third-order valence-corrected chi connectivity index (χ3v) is 2.19. The van der Waals surface area contributed by atoms with Crippen LogP contribution in [-0.4, -0.2) is 23.3 Å². The van der Waals surface area contributed by atoms with Crippen LogP contribution in [0.1, 0.15) is 5.56 Å².